The van der Waals surface area contributed by atoms with Crippen molar-refractivity contribution in [3.05, 3.63) is 23.8 Å². The number of hydrogen-bond acceptors (Lipinski definition) is 4. The number of anilines is 1. The third-order valence-electron chi connectivity index (χ3n) is 5.07. The van der Waals surface area contributed by atoms with Crippen LogP contribution in [0.4, 0.5) is 5.69 Å². The predicted molar refractivity (Wildman–Crippen MR) is 102 cm³/mol. The van der Waals surface area contributed by atoms with Crippen LogP contribution in [0.5, 0.6) is 5.75 Å². The molecule has 0 aromatic heterocycles. The third-order valence-corrected chi connectivity index (χ3v) is 5.07. The van der Waals surface area contributed by atoms with Crippen LogP contribution >= 0.6 is 0 Å². The molecule has 0 aliphatic carbocycles. The summed E-state index contributed by atoms with van der Waals surface area (Å²) in [5, 5.41) is 2.94. The molecule has 0 spiro atoms. The van der Waals surface area contributed by atoms with E-state index in [9.17, 15) is 9.59 Å². The Balaban J connectivity index is 1.62. The number of fused-ring (bicyclic) bond motifs is 1. The van der Waals surface area contributed by atoms with Gasteiger partial charge >= 0.3 is 0 Å². The fourth-order valence-corrected chi connectivity index (χ4v) is 3.33. The summed E-state index contributed by atoms with van der Waals surface area (Å²) in [5.74, 6) is 0.306. The Morgan fingerprint density at radius 3 is 2.70 bits per heavy atom. The van der Waals surface area contributed by atoms with E-state index in [0.717, 1.165) is 38.4 Å². The van der Waals surface area contributed by atoms with Gasteiger partial charge in [-0.15, -0.1) is 0 Å². The zero-order valence-corrected chi connectivity index (χ0v) is 16.5. The number of carbonyl (C=O) groups excluding carboxylic acids is 2. The van der Waals surface area contributed by atoms with E-state index in [1.54, 1.807) is 0 Å². The lowest BCUT2D eigenvalue weighted by Gasteiger charge is -2.31. The van der Waals surface area contributed by atoms with E-state index < -0.39 is 0 Å². The van der Waals surface area contributed by atoms with E-state index in [4.69, 9.17) is 9.47 Å². The van der Waals surface area contributed by atoms with Gasteiger partial charge in [-0.1, -0.05) is 26.8 Å². The highest BCUT2D eigenvalue weighted by atomic mass is 16.5. The molecule has 3 rings (SSSR count). The highest BCUT2D eigenvalue weighted by molar-refractivity contribution is 6.02. The first-order valence-corrected chi connectivity index (χ1v) is 9.60. The van der Waals surface area contributed by atoms with Crippen molar-refractivity contribution in [3.63, 3.8) is 0 Å². The van der Waals surface area contributed by atoms with E-state index in [-0.39, 0.29) is 30.4 Å². The second-order valence-corrected chi connectivity index (χ2v) is 8.16. The van der Waals surface area contributed by atoms with E-state index in [1.807, 2.05) is 18.2 Å². The summed E-state index contributed by atoms with van der Waals surface area (Å²) in [5.41, 5.74) is 1.72. The van der Waals surface area contributed by atoms with Crippen LogP contribution in [0.25, 0.3) is 0 Å². The largest absolute Gasteiger partial charge is 0.482 e. The molecule has 27 heavy (non-hydrogen) atoms. The molecule has 1 saturated heterocycles. The second-order valence-electron chi connectivity index (χ2n) is 8.16. The van der Waals surface area contributed by atoms with Crippen LogP contribution in [0.2, 0.25) is 0 Å². The zero-order valence-electron chi connectivity index (χ0n) is 16.5. The van der Waals surface area contributed by atoms with Gasteiger partial charge in [-0.2, -0.15) is 0 Å². The van der Waals surface area contributed by atoms with Crippen LogP contribution in [0.15, 0.2) is 18.2 Å². The van der Waals surface area contributed by atoms with Gasteiger partial charge in [-0.05, 0) is 23.1 Å². The zero-order chi connectivity index (χ0) is 19.4. The molecule has 7 nitrogen and oxygen atoms in total. The number of carbonyl (C=O) groups is 2. The number of hydrogen-bond donors (Lipinski definition) is 2. The number of nitrogens with zero attached hydrogens (tertiary/aromatic N) is 1. The van der Waals surface area contributed by atoms with Crippen LogP contribution in [-0.2, 0) is 19.7 Å². The summed E-state index contributed by atoms with van der Waals surface area (Å²) >= 11 is 0. The quantitative estimate of drug-likeness (QED) is 0.743. The number of amides is 2. The molecule has 1 aromatic carbocycles. The molecule has 2 amide bonds. The van der Waals surface area contributed by atoms with E-state index >= 15 is 0 Å². The molecule has 0 saturated carbocycles. The van der Waals surface area contributed by atoms with E-state index in [1.165, 1.54) is 9.80 Å². The van der Waals surface area contributed by atoms with Crippen molar-refractivity contribution in [1.82, 2.24) is 5.32 Å². The SMILES string of the molecule is CC(C)(C)c1ccc2c(c1)N(CC(=O)NCC[NH+]1CCOCC1)C(=O)CO2. The fourth-order valence-electron chi connectivity index (χ4n) is 3.33. The smallest absolute Gasteiger partial charge is 0.265 e. The first kappa shape index (κ1) is 19.6. The lowest BCUT2D eigenvalue weighted by molar-refractivity contribution is -0.906. The van der Waals surface area contributed by atoms with Crippen molar-refractivity contribution in [2.75, 3.05) is 57.4 Å². The Hall–Kier alpha value is -2.12. The molecule has 148 valence electrons. The maximum Gasteiger partial charge on any atom is 0.265 e. The molecule has 0 bridgehead atoms. The summed E-state index contributed by atoms with van der Waals surface area (Å²) in [4.78, 5) is 27.8. The molecule has 1 fully saturated rings. The molecule has 7 heteroatoms. The Labute approximate surface area is 160 Å². The normalized spacial score (nSPS) is 18.0. The molecule has 2 heterocycles. The number of benzene rings is 1. The number of quaternary nitrogens is 1. The van der Waals surface area contributed by atoms with Gasteiger partial charge in [-0.3, -0.25) is 14.5 Å². The lowest BCUT2D eigenvalue weighted by Crippen LogP contribution is -3.14. The van der Waals surface area contributed by atoms with Crippen LogP contribution < -0.4 is 19.9 Å². The van der Waals surface area contributed by atoms with Gasteiger partial charge in [0.1, 0.15) is 25.4 Å². The molecule has 0 atom stereocenters. The third kappa shape index (κ3) is 4.99. The van der Waals surface area contributed by atoms with Crippen LogP contribution in [0.3, 0.4) is 0 Å². The van der Waals surface area contributed by atoms with Gasteiger partial charge in [0.25, 0.3) is 5.91 Å². The Morgan fingerprint density at radius 1 is 1.26 bits per heavy atom. The van der Waals surface area contributed by atoms with Gasteiger partial charge < -0.3 is 19.7 Å². The minimum absolute atomic E-state index is 0.0151. The molecule has 0 radical (unpaired) electrons. The van der Waals surface area contributed by atoms with Gasteiger partial charge in [0, 0.05) is 0 Å². The molecular formula is C20H30N3O4+. The molecule has 0 unspecified atom stereocenters. The Bertz CT molecular complexity index is 693. The van der Waals surface area contributed by atoms with Crippen molar-refractivity contribution >= 4 is 17.5 Å². The second kappa shape index (κ2) is 8.27. The molecule has 1 aromatic rings. The van der Waals surface area contributed by atoms with Crippen LogP contribution in [0.1, 0.15) is 26.3 Å². The number of morpholine rings is 1. The maximum absolute atomic E-state index is 12.4. The van der Waals surface area contributed by atoms with Crippen molar-refractivity contribution in [3.8, 4) is 5.75 Å². The topological polar surface area (TPSA) is 72.3 Å². The van der Waals surface area contributed by atoms with Crippen molar-refractivity contribution in [2.45, 2.75) is 26.2 Å². The maximum atomic E-state index is 12.4. The summed E-state index contributed by atoms with van der Waals surface area (Å²) in [7, 11) is 0. The summed E-state index contributed by atoms with van der Waals surface area (Å²) < 4.78 is 10.9. The monoisotopic (exact) mass is 376 g/mol. The average Bonchev–Trinajstić information content (AvgIpc) is 2.64. The minimum atomic E-state index is -0.192. The number of nitrogens with one attached hydrogen (secondary N) is 2. The molecular weight excluding hydrogens is 346 g/mol. The average molecular weight is 376 g/mol. The first-order chi connectivity index (χ1) is 12.8. The van der Waals surface area contributed by atoms with E-state index in [0.29, 0.717) is 18.0 Å². The van der Waals surface area contributed by atoms with Gasteiger partial charge in [0.15, 0.2) is 6.61 Å². The minimum Gasteiger partial charge on any atom is -0.482 e. The lowest BCUT2D eigenvalue weighted by atomic mass is 9.86. The van der Waals surface area contributed by atoms with E-state index in [2.05, 4.69) is 26.1 Å². The summed E-state index contributed by atoms with van der Waals surface area (Å²) in [6.45, 7) is 11.3. The number of ether oxygens (including phenoxy) is 2. The Kier molecular flexibility index (Phi) is 6.01. The first-order valence-electron chi connectivity index (χ1n) is 9.60. The Morgan fingerprint density at radius 2 is 2.00 bits per heavy atom. The fraction of sp³-hybridized carbons (Fsp3) is 0.600. The molecule has 2 aliphatic heterocycles. The van der Waals surface area contributed by atoms with Gasteiger partial charge in [-0.25, -0.2) is 0 Å². The van der Waals surface area contributed by atoms with Gasteiger partial charge in [0.05, 0.1) is 32.0 Å². The summed E-state index contributed by atoms with van der Waals surface area (Å²) in [6.07, 6.45) is 0. The molecule has 2 aliphatic rings. The van der Waals surface area contributed by atoms with Crippen LogP contribution in [-0.4, -0.2) is 64.4 Å². The van der Waals surface area contributed by atoms with Gasteiger partial charge in [0.2, 0.25) is 5.91 Å². The standard InChI is InChI=1S/C20H29N3O4/c1-20(2,3)15-4-5-17-16(12-15)23(19(25)14-27-17)13-18(24)21-6-7-22-8-10-26-11-9-22/h4-5,12H,6-11,13-14H2,1-3H3,(H,21,24)/p+1. The van der Waals surface area contributed by atoms with Crippen molar-refractivity contribution in [2.24, 2.45) is 0 Å². The predicted octanol–water partition coefficient (Wildman–Crippen LogP) is -0.259. The van der Waals surface area contributed by atoms with Crippen LogP contribution in [0, 0.1) is 0 Å². The van der Waals surface area contributed by atoms with Crippen molar-refractivity contribution in [1.29, 1.82) is 0 Å². The highest BCUT2D eigenvalue weighted by Gasteiger charge is 2.29. The highest BCUT2D eigenvalue weighted by Crippen LogP contribution is 2.36. The number of rotatable bonds is 5. The van der Waals surface area contributed by atoms with Crippen molar-refractivity contribution < 1.29 is 24.0 Å². The summed E-state index contributed by atoms with van der Waals surface area (Å²) in [6, 6.07) is 5.85. The molecule has 2 N–H and O–H groups in total.